The number of aromatic nitrogens is 2. The topological polar surface area (TPSA) is 63.1 Å². The molecule has 5 rings (SSSR count). The molecule has 4 nitrogen and oxygen atoms in total. The van der Waals surface area contributed by atoms with E-state index in [9.17, 15) is 9.90 Å². The molecule has 0 saturated heterocycles. The van der Waals surface area contributed by atoms with Crippen LogP contribution in [0.5, 0.6) is 0 Å². The van der Waals surface area contributed by atoms with E-state index in [2.05, 4.69) is 93.1 Å². The maximum absolute atomic E-state index is 11.7. The maximum Gasteiger partial charge on any atom is 0.162 e. The Balaban J connectivity index is 0.000000309. The van der Waals surface area contributed by atoms with Crippen molar-refractivity contribution in [1.82, 2.24) is 9.97 Å². The third-order valence-corrected chi connectivity index (χ3v) is 12.1. The molecule has 7 heteroatoms. The monoisotopic (exact) mass is 830 g/mol. The summed E-state index contributed by atoms with van der Waals surface area (Å²) < 4.78 is 2.46. The molecule has 0 amide bonds. The Morgan fingerprint density at radius 2 is 1.57 bits per heavy atom. The van der Waals surface area contributed by atoms with Crippen LogP contribution in [0.15, 0.2) is 66.7 Å². The van der Waals surface area contributed by atoms with E-state index in [-0.39, 0.29) is 43.5 Å². The average molecular weight is 830 g/mol. The van der Waals surface area contributed by atoms with E-state index in [0.29, 0.717) is 5.92 Å². The van der Waals surface area contributed by atoms with Crippen LogP contribution in [0.25, 0.3) is 42.3 Å². The van der Waals surface area contributed by atoms with Gasteiger partial charge in [-0.25, -0.2) is 4.98 Å². The average Bonchev–Trinajstić information content (AvgIpc) is 3.40. The van der Waals surface area contributed by atoms with E-state index in [1.54, 1.807) is 6.33 Å². The third kappa shape index (κ3) is 8.41. The van der Waals surface area contributed by atoms with E-state index in [4.69, 9.17) is 4.98 Å². The summed E-state index contributed by atoms with van der Waals surface area (Å²) in [6.45, 7) is 19.7. The van der Waals surface area contributed by atoms with Crippen LogP contribution < -0.4 is 5.19 Å². The first kappa shape index (κ1) is 37.8. The fraction of sp³-hybridized carbons (Fsp3) is 0.410. The predicted octanol–water partition coefficient (Wildman–Crippen LogP) is 11.0. The minimum absolute atomic E-state index is 0. The SMILES string of the molecule is CC(C)c1cc(-c2ncnc3c2sc2cc([Si](C)(C)C)ccc23)[c-]c2ccccc12.CCC(CC)C(=O)/C=C(\O)C(CC)CC.[Ir]. The van der Waals surface area contributed by atoms with Gasteiger partial charge in [-0.05, 0) is 37.7 Å². The second-order valence-corrected chi connectivity index (χ2v) is 19.4. The predicted molar refractivity (Wildman–Crippen MR) is 198 cm³/mol. The standard InChI is InChI=1S/C26H25N2SSi.C13H24O2.Ir/c1-16(2)22-13-18(12-17-8-6-7-9-20(17)22)24-26-25(28-15-27-24)21-11-10-19(30(3,4)5)14-23(21)29-26;1-5-10(6-2)12(14)9-13(15)11(7-3)8-4;/h6-11,13-16H,1-5H3;9-11,14H,5-8H2,1-4H3;/q-1;;/b;12-9-;. The minimum Gasteiger partial charge on any atom is -0.512 e. The van der Waals surface area contributed by atoms with E-state index in [1.165, 1.54) is 32.3 Å². The van der Waals surface area contributed by atoms with E-state index in [1.807, 2.05) is 39.0 Å². The number of aliphatic hydroxyl groups excluding tert-OH is 1. The molecular formula is C39H49IrN2O2SSi-. The Labute approximate surface area is 294 Å². The number of allylic oxidation sites excluding steroid dienone is 2. The van der Waals surface area contributed by atoms with Crippen molar-refractivity contribution in [1.29, 1.82) is 0 Å². The van der Waals surface area contributed by atoms with Gasteiger partial charge in [0, 0.05) is 58.5 Å². The van der Waals surface area contributed by atoms with Crippen molar-refractivity contribution in [2.45, 2.75) is 92.8 Å². The van der Waals surface area contributed by atoms with Crippen LogP contribution in [-0.2, 0) is 24.9 Å². The number of thiophene rings is 1. The first-order valence-corrected chi connectivity index (χ1v) is 20.8. The van der Waals surface area contributed by atoms with Crippen molar-refractivity contribution in [3.05, 3.63) is 78.3 Å². The van der Waals surface area contributed by atoms with Crippen molar-refractivity contribution in [3.8, 4) is 11.3 Å². The van der Waals surface area contributed by atoms with Crippen molar-refractivity contribution in [2.24, 2.45) is 11.8 Å². The summed E-state index contributed by atoms with van der Waals surface area (Å²) in [6.07, 6.45) is 6.61. The van der Waals surface area contributed by atoms with Gasteiger partial charge in [0.05, 0.1) is 19.3 Å². The number of hydrogen-bond donors (Lipinski definition) is 1. The molecule has 1 radical (unpaired) electrons. The Hall–Kier alpha value is -2.70. The zero-order valence-corrected chi connectivity index (χ0v) is 33.0. The molecule has 2 heterocycles. The van der Waals surface area contributed by atoms with Gasteiger partial charge in [-0.1, -0.05) is 108 Å². The summed E-state index contributed by atoms with van der Waals surface area (Å²) in [4.78, 5) is 21.1. The number of ketones is 1. The number of rotatable bonds is 10. The Bertz CT molecular complexity index is 1810. The van der Waals surface area contributed by atoms with Gasteiger partial charge in [0.15, 0.2) is 5.78 Å². The largest absolute Gasteiger partial charge is 0.512 e. The molecule has 0 atom stereocenters. The van der Waals surface area contributed by atoms with Crippen LogP contribution in [0.3, 0.4) is 0 Å². The fourth-order valence-electron chi connectivity index (χ4n) is 5.88. The van der Waals surface area contributed by atoms with Crippen LogP contribution in [0.4, 0.5) is 0 Å². The van der Waals surface area contributed by atoms with Gasteiger partial charge in [-0.3, -0.25) is 9.78 Å². The first-order valence-electron chi connectivity index (χ1n) is 16.5. The van der Waals surface area contributed by atoms with Gasteiger partial charge in [-0.15, -0.1) is 40.5 Å². The summed E-state index contributed by atoms with van der Waals surface area (Å²) in [5, 5.41) is 14.9. The zero-order chi connectivity index (χ0) is 32.9. The summed E-state index contributed by atoms with van der Waals surface area (Å²) >= 11 is 1.81. The molecule has 0 bridgehead atoms. The second kappa shape index (κ2) is 16.4. The fourth-order valence-corrected chi connectivity index (χ4v) is 8.34. The number of hydrogen-bond acceptors (Lipinski definition) is 5. The molecule has 0 unspecified atom stereocenters. The zero-order valence-electron chi connectivity index (χ0n) is 28.8. The molecule has 0 aliphatic heterocycles. The van der Waals surface area contributed by atoms with Gasteiger partial charge in [0.25, 0.3) is 0 Å². The van der Waals surface area contributed by atoms with Crippen LogP contribution >= 0.6 is 11.3 Å². The molecule has 2 aromatic heterocycles. The summed E-state index contributed by atoms with van der Waals surface area (Å²) in [6, 6.07) is 21.4. The third-order valence-electron chi connectivity index (χ3n) is 8.88. The van der Waals surface area contributed by atoms with Crippen LogP contribution in [0, 0.1) is 17.9 Å². The van der Waals surface area contributed by atoms with Gasteiger partial charge >= 0.3 is 0 Å². The second-order valence-electron chi connectivity index (χ2n) is 13.3. The number of carbonyl (C=O) groups is 1. The van der Waals surface area contributed by atoms with Crippen molar-refractivity contribution in [3.63, 3.8) is 0 Å². The molecule has 46 heavy (non-hydrogen) atoms. The van der Waals surface area contributed by atoms with Crippen LogP contribution in [-0.4, -0.2) is 28.9 Å². The summed E-state index contributed by atoms with van der Waals surface area (Å²) in [7, 11) is -1.36. The summed E-state index contributed by atoms with van der Waals surface area (Å²) in [5.74, 6) is 0.980. The molecule has 247 valence electrons. The quantitative estimate of drug-likeness (QED) is 0.0659. The molecule has 3 aromatic carbocycles. The van der Waals surface area contributed by atoms with Gasteiger partial charge in [0.2, 0.25) is 0 Å². The Morgan fingerprint density at radius 3 is 2.17 bits per heavy atom. The van der Waals surface area contributed by atoms with Crippen molar-refractivity contribution in [2.75, 3.05) is 0 Å². The van der Waals surface area contributed by atoms with Crippen molar-refractivity contribution < 1.29 is 30.0 Å². The normalized spacial score (nSPS) is 12.2. The molecular weight excluding hydrogens is 781 g/mol. The number of nitrogens with zero attached hydrogens (tertiary/aromatic N) is 2. The number of carbonyl (C=O) groups excluding carboxylic acids is 1. The minimum atomic E-state index is -1.36. The van der Waals surface area contributed by atoms with Crippen LogP contribution in [0.1, 0.15) is 78.7 Å². The summed E-state index contributed by atoms with van der Waals surface area (Å²) in [5.41, 5.74) is 4.44. The smallest absolute Gasteiger partial charge is 0.162 e. The molecule has 0 fully saturated rings. The number of benzene rings is 3. The van der Waals surface area contributed by atoms with E-state index in [0.717, 1.165) is 52.5 Å². The number of aliphatic hydroxyl groups is 1. The molecule has 1 N–H and O–H groups in total. The molecule has 0 spiro atoms. The number of fused-ring (bicyclic) bond motifs is 4. The Kier molecular flexibility index (Phi) is 13.5. The Morgan fingerprint density at radius 1 is 0.913 bits per heavy atom. The molecule has 0 aliphatic rings. The van der Waals surface area contributed by atoms with E-state index < -0.39 is 8.07 Å². The molecule has 0 aliphatic carbocycles. The van der Waals surface area contributed by atoms with Gasteiger partial charge in [-0.2, -0.15) is 0 Å². The molecule has 5 aromatic rings. The van der Waals surface area contributed by atoms with Gasteiger partial charge < -0.3 is 5.11 Å². The first-order chi connectivity index (χ1) is 21.4. The van der Waals surface area contributed by atoms with Crippen molar-refractivity contribution >= 4 is 61.5 Å². The van der Waals surface area contributed by atoms with E-state index >= 15 is 0 Å². The van der Waals surface area contributed by atoms with Crippen LogP contribution in [0.2, 0.25) is 19.6 Å². The van der Waals surface area contributed by atoms with Gasteiger partial charge in [0.1, 0.15) is 6.33 Å². The maximum atomic E-state index is 11.7. The molecule has 0 saturated carbocycles.